The number of aromatic amines is 1. The van der Waals surface area contributed by atoms with Gasteiger partial charge in [0.15, 0.2) is 12.4 Å². The lowest BCUT2D eigenvalue weighted by atomic mass is 10.2. The Hall–Kier alpha value is -3.45. The number of amides is 1. The zero-order valence-electron chi connectivity index (χ0n) is 15.7. The number of carbonyl (C=O) groups excluding carboxylic acids is 1. The van der Waals surface area contributed by atoms with Crippen molar-refractivity contribution in [2.75, 3.05) is 18.9 Å². The maximum Gasteiger partial charge on any atom is 0.294 e. The van der Waals surface area contributed by atoms with Crippen molar-refractivity contribution in [1.29, 1.82) is 0 Å². The molecule has 0 aliphatic rings. The molecule has 1 atom stereocenters. The largest absolute Gasteiger partial charge is 0.449 e. The van der Waals surface area contributed by atoms with Crippen LogP contribution in [0.25, 0.3) is 22.1 Å². The molecule has 1 amide bonds. The molecule has 1 unspecified atom stereocenters. The summed E-state index contributed by atoms with van der Waals surface area (Å²) in [6, 6.07) is 15.1. The van der Waals surface area contributed by atoms with Crippen LogP contribution in [0.3, 0.4) is 0 Å². The van der Waals surface area contributed by atoms with Crippen molar-refractivity contribution in [3.8, 4) is 0 Å². The number of nitrogens with one attached hydrogen (secondary N) is 3. The first kappa shape index (κ1) is 17.9. The number of rotatable bonds is 5. The summed E-state index contributed by atoms with van der Waals surface area (Å²) in [6.07, 6.45) is 0. The molecule has 142 valence electrons. The summed E-state index contributed by atoms with van der Waals surface area (Å²) < 4.78 is 5.61. The van der Waals surface area contributed by atoms with Gasteiger partial charge in [0.05, 0.1) is 7.05 Å². The Morgan fingerprint density at radius 3 is 2.71 bits per heavy atom. The predicted octanol–water partition coefficient (Wildman–Crippen LogP) is 1.63. The maximum atomic E-state index is 12.4. The summed E-state index contributed by atoms with van der Waals surface area (Å²) in [4.78, 5) is 32.9. The second-order valence-electron chi connectivity index (χ2n) is 7.01. The van der Waals surface area contributed by atoms with Crippen LogP contribution in [0.1, 0.15) is 11.4 Å². The molecule has 0 fully saturated rings. The number of para-hydroxylation sites is 1. The van der Waals surface area contributed by atoms with Crippen LogP contribution in [0, 0.1) is 6.92 Å². The molecule has 0 bridgehead atoms. The molecule has 7 heteroatoms. The van der Waals surface area contributed by atoms with E-state index in [1.165, 1.54) is 0 Å². The highest BCUT2D eigenvalue weighted by atomic mass is 16.3. The second-order valence-corrected chi connectivity index (χ2v) is 7.01. The number of H-pyrrole nitrogens is 1. The molecule has 3 N–H and O–H groups in total. The minimum atomic E-state index is -0.312. The first-order valence-corrected chi connectivity index (χ1v) is 9.08. The van der Waals surface area contributed by atoms with Crippen molar-refractivity contribution in [2.45, 2.75) is 13.5 Å². The molecular weight excluding hydrogens is 356 g/mol. The van der Waals surface area contributed by atoms with Gasteiger partial charge in [-0.2, -0.15) is 0 Å². The van der Waals surface area contributed by atoms with Gasteiger partial charge in [0.25, 0.3) is 11.5 Å². The van der Waals surface area contributed by atoms with Crippen LogP contribution in [0.2, 0.25) is 0 Å². The van der Waals surface area contributed by atoms with Crippen molar-refractivity contribution in [3.05, 3.63) is 70.3 Å². The molecule has 0 saturated carbocycles. The summed E-state index contributed by atoms with van der Waals surface area (Å²) >= 11 is 0. The van der Waals surface area contributed by atoms with E-state index >= 15 is 0 Å². The molecule has 2 aromatic heterocycles. The number of hydrogen-bond acceptors (Lipinski definition) is 4. The number of benzene rings is 2. The summed E-state index contributed by atoms with van der Waals surface area (Å²) in [5.74, 6) is 0.420. The molecule has 28 heavy (non-hydrogen) atoms. The fourth-order valence-corrected chi connectivity index (χ4v) is 3.20. The van der Waals surface area contributed by atoms with Crippen LogP contribution in [0.4, 0.5) is 5.69 Å². The highest BCUT2D eigenvalue weighted by Gasteiger charge is 2.16. The van der Waals surface area contributed by atoms with Gasteiger partial charge in [-0.3, -0.25) is 9.59 Å². The molecule has 4 rings (SSSR count). The highest BCUT2D eigenvalue weighted by molar-refractivity contribution is 6.01. The van der Waals surface area contributed by atoms with Crippen molar-refractivity contribution in [3.63, 3.8) is 0 Å². The zero-order chi connectivity index (χ0) is 19.7. The lowest BCUT2D eigenvalue weighted by molar-refractivity contribution is -0.885. The van der Waals surface area contributed by atoms with E-state index in [-0.39, 0.29) is 23.6 Å². The number of aromatic nitrogens is 2. The van der Waals surface area contributed by atoms with Gasteiger partial charge in [0.1, 0.15) is 17.6 Å². The molecular formula is C21H21N4O3+. The molecule has 0 spiro atoms. The zero-order valence-corrected chi connectivity index (χ0v) is 15.7. The van der Waals surface area contributed by atoms with E-state index in [0.29, 0.717) is 23.5 Å². The van der Waals surface area contributed by atoms with Crippen LogP contribution >= 0.6 is 0 Å². The molecule has 0 radical (unpaired) electrons. The molecule has 2 heterocycles. The van der Waals surface area contributed by atoms with Gasteiger partial charge in [-0.15, -0.1) is 0 Å². The predicted molar refractivity (Wildman–Crippen MR) is 107 cm³/mol. The van der Waals surface area contributed by atoms with E-state index in [1.54, 1.807) is 0 Å². The lowest BCUT2D eigenvalue weighted by Crippen LogP contribution is -3.08. The second kappa shape index (κ2) is 7.28. The Morgan fingerprint density at radius 1 is 1.18 bits per heavy atom. The van der Waals surface area contributed by atoms with Gasteiger partial charge in [-0.25, -0.2) is 4.98 Å². The van der Waals surface area contributed by atoms with Gasteiger partial charge < -0.3 is 19.6 Å². The number of anilines is 1. The van der Waals surface area contributed by atoms with Crippen molar-refractivity contribution >= 4 is 33.7 Å². The van der Waals surface area contributed by atoms with Gasteiger partial charge in [0, 0.05) is 11.1 Å². The van der Waals surface area contributed by atoms with E-state index in [4.69, 9.17) is 4.42 Å². The fourth-order valence-electron chi connectivity index (χ4n) is 3.20. The quantitative estimate of drug-likeness (QED) is 0.493. The van der Waals surface area contributed by atoms with Gasteiger partial charge >= 0.3 is 0 Å². The number of hydrogen-bond donors (Lipinski definition) is 3. The van der Waals surface area contributed by atoms with Gasteiger partial charge in [0.2, 0.25) is 5.58 Å². The fraction of sp³-hybridized carbons (Fsp3) is 0.190. The van der Waals surface area contributed by atoms with Gasteiger partial charge in [-0.1, -0.05) is 29.8 Å². The summed E-state index contributed by atoms with van der Waals surface area (Å²) in [7, 11) is 1.88. The Morgan fingerprint density at radius 2 is 1.93 bits per heavy atom. The minimum Gasteiger partial charge on any atom is -0.449 e. The number of likely N-dealkylation sites (N-methyl/N-ethyl adjacent to an activating group) is 1. The Bertz CT molecular complexity index is 1210. The molecule has 2 aromatic carbocycles. The van der Waals surface area contributed by atoms with E-state index < -0.39 is 0 Å². The maximum absolute atomic E-state index is 12.4. The Kier molecular flexibility index (Phi) is 4.67. The molecule has 4 aromatic rings. The SMILES string of the molecule is Cc1ccc(NC(=O)C[NH+](C)Cc2nc3c(oc4ccccc43)c(=O)[nH]2)cc1. The Labute approximate surface area is 161 Å². The molecule has 0 aliphatic carbocycles. The molecule has 0 saturated heterocycles. The van der Waals surface area contributed by atoms with E-state index in [1.807, 2.05) is 62.5 Å². The third kappa shape index (κ3) is 3.65. The molecule has 0 aliphatic heterocycles. The normalized spacial score (nSPS) is 12.4. The smallest absolute Gasteiger partial charge is 0.294 e. The van der Waals surface area contributed by atoms with Crippen molar-refractivity contribution in [1.82, 2.24) is 9.97 Å². The monoisotopic (exact) mass is 377 g/mol. The number of quaternary nitrogens is 1. The van der Waals surface area contributed by atoms with Gasteiger partial charge in [-0.05, 0) is 31.2 Å². The first-order chi connectivity index (χ1) is 13.5. The summed E-state index contributed by atoms with van der Waals surface area (Å²) in [5.41, 5.74) is 2.99. The van der Waals surface area contributed by atoms with Crippen molar-refractivity contribution < 1.29 is 14.1 Å². The number of aryl methyl sites for hydroxylation is 1. The average molecular weight is 377 g/mol. The number of nitrogens with zero attached hydrogens (tertiary/aromatic N) is 1. The van der Waals surface area contributed by atoms with E-state index in [9.17, 15) is 9.59 Å². The summed E-state index contributed by atoms with van der Waals surface area (Å²) in [5, 5.41) is 3.68. The number of carbonyl (C=O) groups is 1. The van der Waals surface area contributed by atoms with E-state index in [2.05, 4.69) is 15.3 Å². The number of furan rings is 1. The van der Waals surface area contributed by atoms with Crippen LogP contribution in [0.15, 0.2) is 57.7 Å². The van der Waals surface area contributed by atoms with Crippen LogP contribution in [0.5, 0.6) is 0 Å². The van der Waals surface area contributed by atoms with Crippen molar-refractivity contribution in [2.24, 2.45) is 0 Å². The lowest BCUT2D eigenvalue weighted by Gasteiger charge is -2.13. The van der Waals surface area contributed by atoms with E-state index in [0.717, 1.165) is 21.5 Å². The van der Waals surface area contributed by atoms with Crippen LogP contribution in [-0.2, 0) is 11.3 Å². The Balaban J connectivity index is 1.49. The average Bonchev–Trinajstić information content (AvgIpc) is 3.03. The molecule has 7 nitrogen and oxygen atoms in total. The first-order valence-electron chi connectivity index (χ1n) is 9.08. The highest BCUT2D eigenvalue weighted by Crippen LogP contribution is 2.24. The summed E-state index contributed by atoms with van der Waals surface area (Å²) in [6.45, 7) is 2.66. The minimum absolute atomic E-state index is 0.0986. The van der Waals surface area contributed by atoms with Crippen LogP contribution < -0.4 is 15.8 Å². The third-order valence-corrected chi connectivity index (χ3v) is 4.55. The standard InChI is InChI=1S/C21H20N4O3/c1-13-7-9-14(10-8-13)22-18(26)12-25(2)11-17-23-19-15-5-3-4-6-16(15)28-20(19)21(27)24-17/h3-10H,11-12H2,1-2H3,(H,22,26)(H,23,24,27)/p+1. The van der Waals surface area contributed by atoms with Crippen LogP contribution in [-0.4, -0.2) is 29.5 Å². The third-order valence-electron chi connectivity index (χ3n) is 4.55. The number of fused-ring (bicyclic) bond motifs is 3. The topological polar surface area (TPSA) is 92.4 Å².